The minimum atomic E-state index is -3.03. The van der Waals surface area contributed by atoms with Gasteiger partial charge in [-0.25, -0.2) is 13.2 Å². The van der Waals surface area contributed by atoms with Gasteiger partial charge in [0.2, 0.25) is 5.91 Å². The number of amides is 3. The molecule has 4 rings (SSSR count). The Labute approximate surface area is 181 Å². The summed E-state index contributed by atoms with van der Waals surface area (Å²) >= 11 is 0. The zero-order chi connectivity index (χ0) is 21.8. The molecule has 0 spiro atoms. The van der Waals surface area contributed by atoms with Crippen molar-refractivity contribution in [2.75, 3.05) is 34.8 Å². The number of sulfone groups is 1. The van der Waals surface area contributed by atoms with Crippen LogP contribution in [-0.4, -0.2) is 51.0 Å². The summed E-state index contributed by atoms with van der Waals surface area (Å²) in [7, 11) is -3.03. The van der Waals surface area contributed by atoms with E-state index in [-0.39, 0.29) is 36.4 Å². The molecule has 0 aromatic heterocycles. The lowest BCUT2D eigenvalue weighted by Crippen LogP contribution is -2.38. The van der Waals surface area contributed by atoms with Gasteiger partial charge in [-0.1, -0.05) is 18.2 Å². The maximum absolute atomic E-state index is 12.1. The molecule has 1 atom stereocenters. The Morgan fingerprint density at radius 2 is 1.84 bits per heavy atom. The number of hydrogen-bond donors (Lipinski definition) is 3. The van der Waals surface area contributed by atoms with E-state index < -0.39 is 15.9 Å². The smallest absolute Gasteiger partial charge is 0.319 e. The average molecular weight is 443 g/mol. The number of nitrogens with zero attached hydrogens (tertiary/aromatic N) is 1. The highest BCUT2D eigenvalue weighted by molar-refractivity contribution is 7.91. The van der Waals surface area contributed by atoms with Crippen molar-refractivity contribution >= 4 is 38.8 Å². The average Bonchev–Trinajstić information content (AvgIpc) is 3.31. The third kappa shape index (κ3) is 5.35. The molecule has 8 nitrogen and oxygen atoms in total. The van der Waals surface area contributed by atoms with Gasteiger partial charge in [-0.05, 0) is 48.7 Å². The summed E-state index contributed by atoms with van der Waals surface area (Å²) in [6.45, 7) is 1.10. The summed E-state index contributed by atoms with van der Waals surface area (Å²) in [5.74, 6) is -0.162. The van der Waals surface area contributed by atoms with Gasteiger partial charge in [0.05, 0.1) is 11.5 Å². The molecule has 0 unspecified atom stereocenters. The Hall–Kier alpha value is -3.07. The fraction of sp³-hybridized carbons (Fsp3) is 0.364. The van der Waals surface area contributed by atoms with Crippen molar-refractivity contribution in [2.24, 2.45) is 0 Å². The van der Waals surface area contributed by atoms with E-state index in [1.807, 2.05) is 30.3 Å². The second kappa shape index (κ2) is 8.97. The first-order valence-corrected chi connectivity index (χ1v) is 12.2. The maximum atomic E-state index is 12.1. The quantitative estimate of drug-likeness (QED) is 0.636. The van der Waals surface area contributed by atoms with Crippen molar-refractivity contribution in [3.05, 3.63) is 54.1 Å². The van der Waals surface area contributed by atoms with Crippen LogP contribution in [0.25, 0.3) is 0 Å². The van der Waals surface area contributed by atoms with Crippen molar-refractivity contribution in [2.45, 2.75) is 25.3 Å². The van der Waals surface area contributed by atoms with Gasteiger partial charge in [0, 0.05) is 42.6 Å². The third-order valence-electron chi connectivity index (χ3n) is 5.56. The SMILES string of the molecule is O=C(CCNC(=O)Nc1ccc(N2CCc3ccccc32)cc1)N[C@H]1CCS(=O)(=O)C1. The van der Waals surface area contributed by atoms with Gasteiger partial charge in [0.25, 0.3) is 0 Å². The standard InChI is InChI=1S/C22H26N4O4S/c27-21(24-18-11-14-31(29,30)15-18)9-12-23-22(28)25-17-5-7-19(8-6-17)26-13-10-16-3-1-2-4-20(16)26/h1-8,18H,9-15H2,(H,24,27)(H2,23,25,28)/t18-/m0/s1. The lowest BCUT2D eigenvalue weighted by atomic mass is 10.2. The second-order valence-corrected chi connectivity index (χ2v) is 10.1. The predicted molar refractivity (Wildman–Crippen MR) is 120 cm³/mol. The Kier molecular flexibility index (Phi) is 6.13. The van der Waals surface area contributed by atoms with Gasteiger partial charge in [-0.15, -0.1) is 0 Å². The largest absolute Gasteiger partial charge is 0.352 e. The topological polar surface area (TPSA) is 108 Å². The van der Waals surface area contributed by atoms with Crippen LogP contribution >= 0.6 is 0 Å². The van der Waals surface area contributed by atoms with Crippen molar-refractivity contribution in [3.63, 3.8) is 0 Å². The molecule has 3 N–H and O–H groups in total. The Morgan fingerprint density at radius 1 is 1.06 bits per heavy atom. The van der Waals surface area contributed by atoms with E-state index in [1.54, 1.807) is 0 Å². The van der Waals surface area contributed by atoms with Gasteiger partial charge in [-0.3, -0.25) is 4.79 Å². The highest BCUT2D eigenvalue weighted by Crippen LogP contribution is 2.34. The summed E-state index contributed by atoms with van der Waals surface area (Å²) in [5, 5.41) is 8.11. The van der Waals surface area contributed by atoms with E-state index in [9.17, 15) is 18.0 Å². The number of carbonyl (C=O) groups excluding carboxylic acids is 2. The minimum Gasteiger partial charge on any atom is -0.352 e. The Bertz CT molecular complexity index is 1070. The molecule has 2 heterocycles. The number of anilines is 3. The number of urea groups is 1. The normalized spacial score (nSPS) is 19.0. The first-order chi connectivity index (χ1) is 14.9. The zero-order valence-electron chi connectivity index (χ0n) is 17.1. The number of benzene rings is 2. The minimum absolute atomic E-state index is 0.00827. The van der Waals surface area contributed by atoms with Crippen molar-refractivity contribution in [1.82, 2.24) is 10.6 Å². The molecule has 1 fully saturated rings. The predicted octanol–water partition coefficient (Wildman–Crippen LogP) is 2.20. The lowest BCUT2D eigenvalue weighted by Gasteiger charge is -2.20. The fourth-order valence-electron chi connectivity index (χ4n) is 4.00. The van der Waals surface area contributed by atoms with E-state index in [2.05, 4.69) is 39.0 Å². The molecule has 3 amide bonds. The number of rotatable bonds is 6. The van der Waals surface area contributed by atoms with Crippen LogP contribution in [0.1, 0.15) is 18.4 Å². The zero-order valence-corrected chi connectivity index (χ0v) is 18.0. The summed E-state index contributed by atoms with van der Waals surface area (Å²) in [6.07, 6.45) is 1.56. The maximum Gasteiger partial charge on any atom is 0.319 e. The molecule has 0 bridgehead atoms. The summed E-state index contributed by atoms with van der Waals surface area (Å²) in [4.78, 5) is 26.3. The molecule has 164 valence electrons. The molecule has 31 heavy (non-hydrogen) atoms. The molecule has 0 saturated carbocycles. The molecule has 2 aromatic carbocycles. The van der Waals surface area contributed by atoms with E-state index in [4.69, 9.17) is 0 Å². The molecular formula is C22H26N4O4S. The van der Waals surface area contributed by atoms with Crippen LogP contribution in [0.15, 0.2) is 48.5 Å². The highest BCUT2D eigenvalue weighted by atomic mass is 32.2. The molecule has 2 aromatic rings. The van der Waals surface area contributed by atoms with Crippen LogP contribution in [-0.2, 0) is 21.1 Å². The number of para-hydroxylation sites is 1. The van der Waals surface area contributed by atoms with E-state index in [0.29, 0.717) is 12.1 Å². The number of nitrogens with one attached hydrogen (secondary N) is 3. The molecule has 9 heteroatoms. The molecule has 2 aliphatic rings. The van der Waals surface area contributed by atoms with Gasteiger partial charge in [0.15, 0.2) is 9.84 Å². The molecule has 0 radical (unpaired) electrons. The van der Waals surface area contributed by atoms with Crippen LogP contribution < -0.4 is 20.9 Å². The molecule has 0 aliphatic carbocycles. The number of fused-ring (bicyclic) bond motifs is 1. The number of carbonyl (C=O) groups is 2. The van der Waals surface area contributed by atoms with Crippen LogP contribution in [0, 0.1) is 0 Å². The summed E-state index contributed by atoms with van der Waals surface area (Å²) in [6, 6.07) is 15.3. The van der Waals surface area contributed by atoms with Gasteiger partial charge in [0.1, 0.15) is 0 Å². The molecule has 2 aliphatic heterocycles. The monoisotopic (exact) mass is 442 g/mol. The first kappa shape index (κ1) is 21.2. The fourth-order valence-corrected chi connectivity index (χ4v) is 5.68. The van der Waals surface area contributed by atoms with Gasteiger partial charge in [-0.2, -0.15) is 0 Å². The summed E-state index contributed by atoms with van der Waals surface area (Å²) in [5.41, 5.74) is 4.29. The lowest BCUT2D eigenvalue weighted by molar-refractivity contribution is -0.121. The Morgan fingerprint density at radius 3 is 2.58 bits per heavy atom. The van der Waals surface area contributed by atoms with Crippen LogP contribution in [0.5, 0.6) is 0 Å². The van der Waals surface area contributed by atoms with Crippen molar-refractivity contribution in [1.29, 1.82) is 0 Å². The van der Waals surface area contributed by atoms with Gasteiger partial charge < -0.3 is 20.9 Å². The highest BCUT2D eigenvalue weighted by Gasteiger charge is 2.28. The number of hydrogen-bond acceptors (Lipinski definition) is 5. The molecular weight excluding hydrogens is 416 g/mol. The van der Waals surface area contributed by atoms with Crippen molar-refractivity contribution in [3.8, 4) is 0 Å². The molecule has 1 saturated heterocycles. The van der Waals surface area contributed by atoms with Crippen LogP contribution in [0.4, 0.5) is 21.9 Å². The van der Waals surface area contributed by atoms with Crippen LogP contribution in [0.3, 0.4) is 0 Å². The van der Waals surface area contributed by atoms with Crippen molar-refractivity contribution < 1.29 is 18.0 Å². The Balaban J connectivity index is 1.21. The van der Waals surface area contributed by atoms with E-state index in [0.717, 1.165) is 18.7 Å². The summed E-state index contributed by atoms with van der Waals surface area (Å²) < 4.78 is 22.9. The van der Waals surface area contributed by atoms with E-state index >= 15 is 0 Å². The second-order valence-electron chi connectivity index (χ2n) is 7.88. The van der Waals surface area contributed by atoms with Crippen LogP contribution in [0.2, 0.25) is 0 Å². The van der Waals surface area contributed by atoms with Gasteiger partial charge >= 0.3 is 6.03 Å². The first-order valence-electron chi connectivity index (χ1n) is 10.4. The van der Waals surface area contributed by atoms with E-state index in [1.165, 1.54) is 11.3 Å². The third-order valence-corrected chi connectivity index (χ3v) is 7.33.